The molecular weight excluding hydrogens is 238 g/mol. The van der Waals surface area contributed by atoms with Crippen molar-refractivity contribution >= 4 is 11.6 Å². The minimum Gasteiger partial charge on any atom is -0.448 e. The molecule has 0 saturated heterocycles. The maximum absolute atomic E-state index is 6.06. The molecular formula is C12H16ClN3O. The van der Waals surface area contributed by atoms with Gasteiger partial charge in [0.2, 0.25) is 0 Å². The Hall–Kier alpha value is -1.26. The van der Waals surface area contributed by atoms with Gasteiger partial charge in [0, 0.05) is 25.4 Å². The summed E-state index contributed by atoms with van der Waals surface area (Å²) in [6, 6.07) is 3.30. The van der Waals surface area contributed by atoms with Crippen molar-refractivity contribution in [2.24, 2.45) is 5.73 Å². The van der Waals surface area contributed by atoms with Crippen LogP contribution in [-0.4, -0.2) is 9.55 Å². The van der Waals surface area contributed by atoms with E-state index >= 15 is 0 Å². The molecule has 1 unspecified atom stereocenters. The van der Waals surface area contributed by atoms with E-state index in [0.717, 1.165) is 18.8 Å². The molecule has 0 saturated carbocycles. The van der Waals surface area contributed by atoms with Crippen molar-refractivity contribution in [1.82, 2.24) is 9.55 Å². The van der Waals surface area contributed by atoms with Gasteiger partial charge in [-0.1, -0.05) is 6.92 Å². The molecule has 17 heavy (non-hydrogen) atoms. The summed E-state index contributed by atoms with van der Waals surface area (Å²) in [6.45, 7) is 3.09. The molecule has 0 bridgehead atoms. The zero-order chi connectivity index (χ0) is 12.3. The molecule has 0 aliphatic carbocycles. The van der Waals surface area contributed by atoms with E-state index in [4.69, 9.17) is 21.8 Å². The molecule has 4 nitrogen and oxygen atoms in total. The van der Waals surface area contributed by atoms with Crippen molar-refractivity contribution in [1.29, 1.82) is 0 Å². The van der Waals surface area contributed by atoms with Crippen molar-refractivity contribution in [3.8, 4) is 0 Å². The van der Waals surface area contributed by atoms with Gasteiger partial charge in [-0.15, -0.1) is 0 Å². The normalized spacial score (nSPS) is 12.9. The number of aromatic nitrogens is 2. The van der Waals surface area contributed by atoms with E-state index in [2.05, 4.69) is 16.5 Å². The van der Waals surface area contributed by atoms with E-state index in [-0.39, 0.29) is 6.04 Å². The second-order valence-corrected chi connectivity index (χ2v) is 4.36. The van der Waals surface area contributed by atoms with Gasteiger partial charge in [-0.3, -0.25) is 0 Å². The van der Waals surface area contributed by atoms with Crippen LogP contribution in [0.2, 0.25) is 5.22 Å². The van der Waals surface area contributed by atoms with Crippen LogP contribution in [-0.2, 0) is 13.0 Å². The molecule has 0 spiro atoms. The van der Waals surface area contributed by atoms with Crippen LogP contribution in [0.25, 0.3) is 0 Å². The second kappa shape index (κ2) is 5.38. The van der Waals surface area contributed by atoms with Gasteiger partial charge in [-0.05, 0) is 30.2 Å². The highest BCUT2D eigenvalue weighted by Gasteiger charge is 2.14. The maximum Gasteiger partial charge on any atom is 0.193 e. The van der Waals surface area contributed by atoms with Crippen molar-refractivity contribution in [3.05, 3.63) is 41.3 Å². The number of nitrogens with zero attached hydrogens (tertiary/aromatic N) is 2. The predicted molar refractivity (Wildman–Crippen MR) is 66.9 cm³/mol. The van der Waals surface area contributed by atoms with Crippen LogP contribution >= 0.6 is 11.6 Å². The fourth-order valence-electron chi connectivity index (χ4n) is 1.80. The molecule has 0 fully saturated rings. The number of halogens is 1. The molecule has 1 atom stereocenters. The third-order valence-electron chi connectivity index (χ3n) is 2.63. The molecule has 0 radical (unpaired) electrons. The van der Waals surface area contributed by atoms with E-state index in [1.165, 1.54) is 0 Å². The monoisotopic (exact) mass is 253 g/mol. The first kappa shape index (κ1) is 12.2. The van der Waals surface area contributed by atoms with E-state index in [9.17, 15) is 0 Å². The number of hydrogen-bond acceptors (Lipinski definition) is 3. The van der Waals surface area contributed by atoms with Crippen molar-refractivity contribution < 1.29 is 4.42 Å². The molecule has 2 heterocycles. The lowest BCUT2D eigenvalue weighted by molar-refractivity contribution is 0.457. The average molecular weight is 254 g/mol. The molecule has 2 aromatic heterocycles. The third kappa shape index (κ3) is 2.90. The second-order valence-electron chi connectivity index (χ2n) is 3.99. The Morgan fingerprint density at radius 2 is 2.35 bits per heavy atom. The van der Waals surface area contributed by atoms with Crippen molar-refractivity contribution in [3.63, 3.8) is 0 Å². The first-order valence-corrected chi connectivity index (χ1v) is 6.09. The van der Waals surface area contributed by atoms with E-state index in [1.807, 2.05) is 6.20 Å². The van der Waals surface area contributed by atoms with Gasteiger partial charge < -0.3 is 14.7 Å². The molecule has 0 aliphatic rings. The Balaban J connectivity index is 2.07. The molecule has 2 aromatic rings. The summed E-state index contributed by atoms with van der Waals surface area (Å²) in [5.41, 5.74) is 6.06. The average Bonchev–Trinajstić information content (AvgIpc) is 2.89. The van der Waals surface area contributed by atoms with Crippen LogP contribution < -0.4 is 5.73 Å². The van der Waals surface area contributed by atoms with E-state index in [0.29, 0.717) is 17.4 Å². The molecule has 2 N–H and O–H groups in total. The Morgan fingerprint density at radius 1 is 1.53 bits per heavy atom. The number of imidazole rings is 1. The first-order chi connectivity index (χ1) is 8.20. The summed E-state index contributed by atoms with van der Waals surface area (Å²) in [5, 5.41) is 0.368. The van der Waals surface area contributed by atoms with Gasteiger partial charge >= 0.3 is 0 Å². The van der Waals surface area contributed by atoms with Crippen molar-refractivity contribution in [2.45, 2.75) is 32.4 Å². The Labute approximate surface area is 105 Å². The lowest BCUT2D eigenvalue weighted by atomic mass is 10.1. The van der Waals surface area contributed by atoms with Gasteiger partial charge in [-0.25, -0.2) is 4.98 Å². The molecule has 92 valence electrons. The Morgan fingerprint density at radius 3 is 3.00 bits per heavy atom. The van der Waals surface area contributed by atoms with Crippen molar-refractivity contribution in [2.75, 3.05) is 0 Å². The van der Waals surface area contributed by atoms with E-state index in [1.54, 1.807) is 18.3 Å². The summed E-state index contributed by atoms with van der Waals surface area (Å²) in [4.78, 5) is 4.32. The first-order valence-electron chi connectivity index (χ1n) is 5.71. The summed E-state index contributed by atoms with van der Waals surface area (Å²) in [6.07, 6.45) is 5.50. The number of rotatable bonds is 5. The standard InChI is InChI=1S/C12H16ClN3O/c1-2-6-16-7-5-15-12(16)8-9(14)10-3-4-11(13)17-10/h3-5,7,9H,2,6,8,14H2,1H3. The predicted octanol–water partition coefficient (Wildman–Crippen LogP) is 2.78. The number of nitrogens with two attached hydrogens (primary N) is 1. The van der Waals surface area contributed by atoms with Gasteiger partial charge in [0.25, 0.3) is 0 Å². The summed E-state index contributed by atoms with van der Waals surface area (Å²) in [5.74, 6) is 1.67. The highest BCUT2D eigenvalue weighted by atomic mass is 35.5. The Kier molecular flexibility index (Phi) is 3.86. The number of hydrogen-bond donors (Lipinski definition) is 1. The fraction of sp³-hybridized carbons (Fsp3) is 0.417. The molecule has 5 heteroatoms. The number of aryl methyl sites for hydroxylation is 1. The van der Waals surface area contributed by atoms with Crippen LogP contribution in [0, 0.1) is 0 Å². The van der Waals surface area contributed by atoms with Gasteiger partial charge in [0.15, 0.2) is 5.22 Å². The van der Waals surface area contributed by atoms with Crippen LogP contribution in [0.15, 0.2) is 28.9 Å². The minimum absolute atomic E-state index is 0.208. The zero-order valence-corrected chi connectivity index (χ0v) is 10.5. The van der Waals surface area contributed by atoms with Crippen LogP contribution in [0.4, 0.5) is 0 Å². The molecule has 2 rings (SSSR count). The zero-order valence-electron chi connectivity index (χ0n) is 9.77. The topological polar surface area (TPSA) is 57.0 Å². The third-order valence-corrected chi connectivity index (χ3v) is 2.83. The lowest BCUT2D eigenvalue weighted by Gasteiger charge is -2.10. The maximum atomic E-state index is 6.06. The largest absolute Gasteiger partial charge is 0.448 e. The van der Waals surface area contributed by atoms with Gasteiger partial charge in [0.05, 0.1) is 6.04 Å². The summed E-state index contributed by atoms with van der Waals surface area (Å²) >= 11 is 5.72. The van der Waals surface area contributed by atoms with Crippen LogP contribution in [0.5, 0.6) is 0 Å². The smallest absolute Gasteiger partial charge is 0.193 e. The minimum atomic E-state index is -0.208. The van der Waals surface area contributed by atoms with Crippen LogP contribution in [0.1, 0.15) is 31.0 Å². The van der Waals surface area contributed by atoms with Gasteiger partial charge in [-0.2, -0.15) is 0 Å². The molecule has 0 aromatic carbocycles. The highest BCUT2D eigenvalue weighted by molar-refractivity contribution is 6.28. The quantitative estimate of drug-likeness (QED) is 0.891. The summed E-state index contributed by atoms with van der Waals surface area (Å²) < 4.78 is 7.41. The molecule has 0 amide bonds. The highest BCUT2D eigenvalue weighted by Crippen LogP contribution is 2.21. The summed E-state index contributed by atoms with van der Waals surface area (Å²) in [7, 11) is 0. The number of furan rings is 1. The Bertz CT molecular complexity index is 478. The van der Waals surface area contributed by atoms with Gasteiger partial charge in [0.1, 0.15) is 11.6 Å². The molecule has 0 aliphatic heterocycles. The lowest BCUT2D eigenvalue weighted by Crippen LogP contribution is -2.16. The fourth-order valence-corrected chi connectivity index (χ4v) is 1.95. The SMILES string of the molecule is CCCn1ccnc1CC(N)c1ccc(Cl)o1. The van der Waals surface area contributed by atoms with E-state index < -0.39 is 0 Å². The van der Waals surface area contributed by atoms with Crippen LogP contribution in [0.3, 0.4) is 0 Å².